The van der Waals surface area contributed by atoms with Gasteiger partial charge in [-0.15, -0.1) is 0 Å². The van der Waals surface area contributed by atoms with Crippen molar-refractivity contribution in [3.05, 3.63) is 11.3 Å². The molecule has 2 rings (SSSR count). The van der Waals surface area contributed by atoms with Crippen LogP contribution in [0.1, 0.15) is 35.8 Å². The van der Waals surface area contributed by atoms with E-state index in [2.05, 4.69) is 22.4 Å². The summed E-state index contributed by atoms with van der Waals surface area (Å²) in [7, 11) is 0. The molecule has 2 atom stereocenters. The summed E-state index contributed by atoms with van der Waals surface area (Å²) in [4.78, 5) is 11.8. The molecule has 0 saturated heterocycles. The number of aromatic nitrogens is 2. The van der Waals surface area contributed by atoms with E-state index in [1.54, 1.807) is 6.92 Å². The molecule has 1 fully saturated rings. The molecule has 1 amide bonds. The van der Waals surface area contributed by atoms with Gasteiger partial charge in [-0.2, -0.15) is 5.10 Å². The molecule has 2 unspecified atom stereocenters. The van der Waals surface area contributed by atoms with Crippen LogP contribution in [0.25, 0.3) is 0 Å². The number of hydrogen-bond donors (Lipinski definition) is 3. The second kappa shape index (κ2) is 3.56. The number of nitrogens with two attached hydrogens (primary N) is 1. The molecule has 82 valence electrons. The number of carbonyl (C=O) groups is 1. The highest BCUT2D eigenvalue weighted by Crippen LogP contribution is 2.33. The minimum absolute atomic E-state index is 0.111. The molecule has 5 heteroatoms. The third-order valence-corrected chi connectivity index (χ3v) is 2.97. The van der Waals surface area contributed by atoms with Crippen LogP contribution >= 0.6 is 0 Å². The monoisotopic (exact) mass is 208 g/mol. The Hall–Kier alpha value is -1.52. The Morgan fingerprint density at radius 1 is 1.73 bits per heavy atom. The zero-order valence-corrected chi connectivity index (χ0v) is 9.00. The topological polar surface area (TPSA) is 83.8 Å². The van der Waals surface area contributed by atoms with E-state index in [1.807, 2.05) is 0 Å². The van der Waals surface area contributed by atoms with Crippen LogP contribution in [0.5, 0.6) is 0 Å². The fourth-order valence-corrected chi connectivity index (χ4v) is 1.85. The van der Waals surface area contributed by atoms with Gasteiger partial charge in [0.15, 0.2) is 5.82 Å². The first-order valence-electron chi connectivity index (χ1n) is 5.24. The standard InChI is InChI=1S/C10H16N4O/c1-3-6-4-7(6)12-10(15)8-5(2)13-14-9(8)11/h6-7H,3-4H2,1-2H3,(H,12,15)(H3,11,13,14). The Bertz CT molecular complexity index is 365. The van der Waals surface area contributed by atoms with Gasteiger partial charge in [0.25, 0.3) is 5.91 Å². The Labute approximate surface area is 88.4 Å². The maximum absolute atomic E-state index is 11.8. The van der Waals surface area contributed by atoms with E-state index < -0.39 is 0 Å². The van der Waals surface area contributed by atoms with E-state index in [-0.39, 0.29) is 11.7 Å². The molecule has 0 radical (unpaired) electrons. The number of H-pyrrole nitrogens is 1. The van der Waals surface area contributed by atoms with Gasteiger partial charge < -0.3 is 11.1 Å². The Morgan fingerprint density at radius 3 is 2.93 bits per heavy atom. The van der Waals surface area contributed by atoms with Crippen molar-refractivity contribution in [1.29, 1.82) is 0 Å². The van der Waals surface area contributed by atoms with Gasteiger partial charge in [-0.25, -0.2) is 0 Å². The first kappa shape index (κ1) is 10.0. The lowest BCUT2D eigenvalue weighted by Gasteiger charge is -2.03. The summed E-state index contributed by atoms with van der Waals surface area (Å²) in [6.07, 6.45) is 2.20. The molecule has 1 aromatic heterocycles. The number of aromatic amines is 1. The van der Waals surface area contributed by atoms with E-state index in [0.717, 1.165) is 18.5 Å². The number of amides is 1. The molecule has 0 aromatic carbocycles. The molecule has 1 heterocycles. The van der Waals surface area contributed by atoms with Crippen LogP contribution in [-0.2, 0) is 0 Å². The van der Waals surface area contributed by atoms with Crippen LogP contribution < -0.4 is 11.1 Å². The average molecular weight is 208 g/mol. The van der Waals surface area contributed by atoms with Crippen molar-refractivity contribution in [1.82, 2.24) is 15.5 Å². The molecule has 0 spiro atoms. The van der Waals surface area contributed by atoms with Gasteiger partial charge in [-0.1, -0.05) is 13.3 Å². The van der Waals surface area contributed by atoms with Crippen LogP contribution in [0.2, 0.25) is 0 Å². The molecule has 5 nitrogen and oxygen atoms in total. The number of aryl methyl sites for hydroxylation is 1. The first-order chi connectivity index (χ1) is 7.13. The number of carbonyl (C=O) groups excluding carboxylic acids is 1. The maximum atomic E-state index is 11.8. The highest BCUT2D eigenvalue weighted by atomic mass is 16.1. The third-order valence-electron chi connectivity index (χ3n) is 2.97. The highest BCUT2D eigenvalue weighted by molar-refractivity contribution is 5.99. The average Bonchev–Trinajstić information content (AvgIpc) is 2.85. The van der Waals surface area contributed by atoms with Gasteiger partial charge in [0.2, 0.25) is 0 Å². The van der Waals surface area contributed by atoms with Gasteiger partial charge in [-0.3, -0.25) is 9.89 Å². The largest absolute Gasteiger partial charge is 0.382 e. The SMILES string of the molecule is CCC1CC1NC(=O)c1c(N)n[nH]c1C. The number of rotatable bonds is 3. The normalized spacial score (nSPS) is 23.9. The van der Waals surface area contributed by atoms with Crippen molar-refractivity contribution in [3.8, 4) is 0 Å². The molecular formula is C10H16N4O. The van der Waals surface area contributed by atoms with E-state index in [4.69, 9.17) is 5.73 Å². The number of hydrogen-bond acceptors (Lipinski definition) is 3. The summed E-state index contributed by atoms with van der Waals surface area (Å²) < 4.78 is 0. The lowest BCUT2D eigenvalue weighted by atomic mass is 10.2. The van der Waals surface area contributed by atoms with E-state index >= 15 is 0 Å². The summed E-state index contributed by atoms with van der Waals surface area (Å²) in [5.74, 6) is 0.806. The van der Waals surface area contributed by atoms with Gasteiger partial charge in [0.1, 0.15) is 5.56 Å². The second-order valence-electron chi connectivity index (χ2n) is 4.09. The molecule has 1 aliphatic carbocycles. The summed E-state index contributed by atoms with van der Waals surface area (Å²) in [5.41, 5.74) is 6.81. The zero-order valence-electron chi connectivity index (χ0n) is 9.00. The van der Waals surface area contributed by atoms with Crippen LogP contribution in [-0.4, -0.2) is 22.1 Å². The van der Waals surface area contributed by atoms with Gasteiger partial charge in [0, 0.05) is 11.7 Å². The fourth-order valence-electron chi connectivity index (χ4n) is 1.85. The van der Waals surface area contributed by atoms with Crippen LogP contribution in [0.3, 0.4) is 0 Å². The summed E-state index contributed by atoms with van der Waals surface area (Å²) in [5, 5.41) is 9.46. The zero-order chi connectivity index (χ0) is 11.0. The minimum atomic E-state index is -0.111. The van der Waals surface area contributed by atoms with Gasteiger partial charge in [-0.05, 0) is 19.3 Å². The lowest BCUT2D eigenvalue weighted by molar-refractivity contribution is 0.0949. The molecule has 4 N–H and O–H groups in total. The first-order valence-corrected chi connectivity index (χ1v) is 5.24. The summed E-state index contributed by atoms with van der Waals surface area (Å²) >= 11 is 0. The predicted octanol–water partition coefficient (Wildman–Crippen LogP) is 0.829. The summed E-state index contributed by atoms with van der Waals surface area (Å²) in [6.45, 7) is 3.93. The van der Waals surface area contributed by atoms with E-state index in [9.17, 15) is 4.79 Å². The van der Waals surface area contributed by atoms with Crippen LogP contribution in [0, 0.1) is 12.8 Å². The minimum Gasteiger partial charge on any atom is -0.382 e. The maximum Gasteiger partial charge on any atom is 0.257 e. The number of nitrogens with zero attached hydrogens (tertiary/aromatic N) is 1. The molecule has 1 saturated carbocycles. The van der Waals surface area contributed by atoms with Crippen LogP contribution in [0.4, 0.5) is 5.82 Å². The Kier molecular flexibility index (Phi) is 2.38. The molecule has 15 heavy (non-hydrogen) atoms. The van der Waals surface area contributed by atoms with Gasteiger partial charge >= 0.3 is 0 Å². The quantitative estimate of drug-likeness (QED) is 0.687. The van der Waals surface area contributed by atoms with Crippen molar-refractivity contribution < 1.29 is 4.79 Å². The second-order valence-corrected chi connectivity index (χ2v) is 4.09. The van der Waals surface area contributed by atoms with Crippen molar-refractivity contribution >= 4 is 11.7 Å². The lowest BCUT2D eigenvalue weighted by Crippen LogP contribution is -2.27. The predicted molar refractivity (Wildman–Crippen MR) is 57.4 cm³/mol. The van der Waals surface area contributed by atoms with Crippen LogP contribution in [0.15, 0.2) is 0 Å². The molecule has 1 aromatic rings. The summed E-state index contributed by atoms with van der Waals surface area (Å²) in [6, 6.07) is 0.330. The highest BCUT2D eigenvalue weighted by Gasteiger charge is 2.37. The Balaban J connectivity index is 2.03. The number of anilines is 1. The molecule has 1 aliphatic rings. The molecule has 0 bridgehead atoms. The fraction of sp³-hybridized carbons (Fsp3) is 0.600. The molecular weight excluding hydrogens is 192 g/mol. The van der Waals surface area contributed by atoms with E-state index in [1.165, 1.54) is 0 Å². The van der Waals surface area contributed by atoms with Crippen molar-refractivity contribution in [2.24, 2.45) is 5.92 Å². The number of nitrogen functional groups attached to an aromatic ring is 1. The smallest absolute Gasteiger partial charge is 0.257 e. The Morgan fingerprint density at radius 2 is 2.47 bits per heavy atom. The van der Waals surface area contributed by atoms with Crippen molar-refractivity contribution in [2.75, 3.05) is 5.73 Å². The van der Waals surface area contributed by atoms with Crippen molar-refractivity contribution in [3.63, 3.8) is 0 Å². The van der Waals surface area contributed by atoms with Gasteiger partial charge in [0.05, 0.1) is 0 Å². The van der Waals surface area contributed by atoms with E-state index in [0.29, 0.717) is 17.5 Å². The number of nitrogens with one attached hydrogen (secondary N) is 2. The van der Waals surface area contributed by atoms with Crippen molar-refractivity contribution in [2.45, 2.75) is 32.7 Å². The molecule has 0 aliphatic heterocycles. The third kappa shape index (κ3) is 1.82.